The highest BCUT2D eigenvalue weighted by Gasteiger charge is 2.11. The fourth-order valence-electron chi connectivity index (χ4n) is 1.33. The van der Waals surface area contributed by atoms with Gasteiger partial charge in [-0.2, -0.15) is 0 Å². The van der Waals surface area contributed by atoms with Gasteiger partial charge in [0.2, 0.25) is 0 Å². The predicted molar refractivity (Wildman–Crippen MR) is 60.1 cm³/mol. The van der Waals surface area contributed by atoms with Gasteiger partial charge in [-0.3, -0.25) is 0 Å². The highest BCUT2D eigenvalue weighted by Crippen LogP contribution is 2.16. The normalized spacial score (nSPS) is 12.9. The van der Waals surface area contributed by atoms with Crippen molar-refractivity contribution >= 4 is 22.9 Å². The Bertz CT molecular complexity index is 409. The first-order chi connectivity index (χ1) is 7.27. The number of nitrogens with zero attached hydrogens (tertiary/aromatic N) is 4. The van der Waals surface area contributed by atoms with Crippen molar-refractivity contribution in [2.45, 2.75) is 25.3 Å². The van der Waals surface area contributed by atoms with E-state index in [1.807, 2.05) is 13.0 Å². The number of thiophene rings is 1. The Balaban J connectivity index is 2.02. The highest BCUT2D eigenvalue weighted by atomic mass is 35.5. The maximum Gasteiger partial charge on any atom is 0.168 e. The van der Waals surface area contributed by atoms with Gasteiger partial charge in [-0.05, 0) is 28.8 Å². The van der Waals surface area contributed by atoms with Crippen molar-refractivity contribution < 1.29 is 0 Å². The van der Waals surface area contributed by atoms with E-state index >= 15 is 0 Å². The van der Waals surface area contributed by atoms with E-state index in [2.05, 4.69) is 27.0 Å². The minimum absolute atomic E-state index is 0.150. The number of tetrazole rings is 1. The van der Waals surface area contributed by atoms with Crippen LogP contribution in [0.4, 0.5) is 0 Å². The van der Waals surface area contributed by atoms with Crippen LogP contribution in [-0.2, 0) is 13.0 Å². The van der Waals surface area contributed by atoms with Gasteiger partial charge in [-0.25, -0.2) is 4.68 Å². The van der Waals surface area contributed by atoms with Crippen LogP contribution in [0.5, 0.6) is 0 Å². The minimum atomic E-state index is -0.150. The third-order valence-corrected chi connectivity index (χ3v) is 3.20. The van der Waals surface area contributed by atoms with Crippen LogP contribution in [0.3, 0.4) is 0 Å². The van der Waals surface area contributed by atoms with E-state index in [1.54, 1.807) is 16.0 Å². The predicted octanol–water partition coefficient (Wildman–Crippen LogP) is 2.28. The first-order valence-corrected chi connectivity index (χ1v) is 6.01. The Morgan fingerprint density at radius 2 is 2.47 bits per heavy atom. The van der Waals surface area contributed by atoms with E-state index in [4.69, 9.17) is 11.6 Å². The van der Waals surface area contributed by atoms with Crippen molar-refractivity contribution in [3.05, 3.63) is 28.2 Å². The summed E-state index contributed by atoms with van der Waals surface area (Å²) in [4.78, 5) is 1.33. The molecule has 80 valence electrons. The van der Waals surface area contributed by atoms with Gasteiger partial charge in [0.15, 0.2) is 5.82 Å². The van der Waals surface area contributed by atoms with Gasteiger partial charge >= 0.3 is 0 Å². The van der Waals surface area contributed by atoms with Crippen LogP contribution in [0, 0.1) is 0 Å². The summed E-state index contributed by atoms with van der Waals surface area (Å²) in [6, 6.07) is 4.16. The number of alkyl halides is 1. The zero-order chi connectivity index (χ0) is 10.7. The first kappa shape index (κ1) is 10.6. The van der Waals surface area contributed by atoms with Crippen LogP contribution in [0.25, 0.3) is 0 Å². The van der Waals surface area contributed by atoms with E-state index < -0.39 is 0 Å². The third kappa shape index (κ3) is 2.54. The number of halogens is 1. The monoisotopic (exact) mass is 242 g/mol. The molecule has 0 aliphatic carbocycles. The van der Waals surface area contributed by atoms with Crippen molar-refractivity contribution in [3.63, 3.8) is 0 Å². The number of aromatic nitrogens is 4. The summed E-state index contributed by atoms with van der Waals surface area (Å²) < 4.78 is 1.76. The van der Waals surface area contributed by atoms with E-state index in [0.29, 0.717) is 0 Å². The molecule has 0 aliphatic rings. The molecule has 2 aromatic rings. The molecule has 2 rings (SSSR count). The summed E-state index contributed by atoms with van der Waals surface area (Å²) in [5.74, 6) is 0.730. The molecule has 0 saturated carbocycles. The highest BCUT2D eigenvalue weighted by molar-refractivity contribution is 7.09. The summed E-state index contributed by atoms with van der Waals surface area (Å²) in [6.45, 7) is 2.65. The Kier molecular flexibility index (Phi) is 3.33. The standard InChI is InChI=1S/C9H11ClN4S/c1-7(10)9-11-12-13-14(9)5-4-8-3-2-6-15-8/h2-3,6-7H,4-5H2,1H3. The lowest BCUT2D eigenvalue weighted by Crippen LogP contribution is -2.08. The van der Waals surface area contributed by atoms with E-state index in [-0.39, 0.29) is 5.38 Å². The summed E-state index contributed by atoms with van der Waals surface area (Å²) in [7, 11) is 0. The molecule has 4 nitrogen and oxygen atoms in total. The van der Waals surface area contributed by atoms with E-state index in [1.165, 1.54) is 4.88 Å². The van der Waals surface area contributed by atoms with E-state index in [0.717, 1.165) is 18.8 Å². The number of rotatable bonds is 4. The molecule has 0 radical (unpaired) electrons. The average molecular weight is 243 g/mol. The minimum Gasteiger partial charge on any atom is -0.228 e. The molecule has 0 amide bonds. The SMILES string of the molecule is CC(Cl)c1nnnn1CCc1cccs1. The van der Waals surface area contributed by atoms with Crippen LogP contribution in [0.1, 0.15) is 23.0 Å². The summed E-state index contributed by atoms with van der Waals surface area (Å²) in [5, 5.41) is 13.3. The van der Waals surface area contributed by atoms with Gasteiger partial charge in [0.25, 0.3) is 0 Å². The third-order valence-electron chi connectivity index (χ3n) is 2.07. The Labute approximate surface area is 96.9 Å². The van der Waals surface area contributed by atoms with Crippen LogP contribution in [-0.4, -0.2) is 20.2 Å². The lowest BCUT2D eigenvalue weighted by molar-refractivity contribution is 0.566. The van der Waals surface area contributed by atoms with Crippen LogP contribution >= 0.6 is 22.9 Å². The summed E-state index contributed by atoms with van der Waals surface area (Å²) >= 11 is 7.69. The molecule has 0 bridgehead atoms. The number of hydrogen-bond donors (Lipinski definition) is 0. The lowest BCUT2D eigenvalue weighted by atomic mass is 10.3. The molecule has 0 N–H and O–H groups in total. The van der Waals surface area contributed by atoms with Gasteiger partial charge in [-0.1, -0.05) is 6.07 Å². The van der Waals surface area contributed by atoms with Crippen molar-refractivity contribution in [1.29, 1.82) is 0 Å². The number of aryl methyl sites for hydroxylation is 2. The second-order valence-electron chi connectivity index (χ2n) is 3.21. The molecule has 0 saturated heterocycles. The Morgan fingerprint density at radius 1 is 1.60 bits per heavy atom. The smallest absolute Gasteiger partial charge is 0.168 e. The second-order valence-corrected chi connectivity index (χ2v) is 4.89. The maximum absolute atomic E-state index is 5.95. The topological polar surface area (TPSA) is 43.6 Å². The van der Waals surface area contributed by atoms with Gasteiger partial charge in [-0.15, -0.1) is 28.0 Å². The molecule has 1 unspecified atom stereocenters. The fourth-order valence-corrected chi connectivity index (χ4v) is 2.18. The van der Waals surface area contributed by atoms with Crippen LogP contribution < -0.4 is 0 Å². The van der Waals surface area contributed by atoms with E-state index in [9.17, 15) is 0 Å². The Hall–Kier alpha value is -0.940. The van der Waals surface area contributed by atoms with Crippen molar-refractivity contribution in [3.8, 4) is 0 Å². The maximum atomic E-state index is 5.95. The van der Waals surface area contributed by atoms with Crippen LogP contribution in [0.2, 0.25) is 0 Å². The molecule has 0 fully saturated rings. The lowest BCUT2D eigenvalue weighted by Gasteiger charge is -2.04. The summed E-state index contributed by atoms with van der Waals surface area (Å²) in [6.07, 6.45) is 0.944. The van der Waals surface area contributed by atoms with Crippen LogP contribution in [0.15, 0.2) is 17.5 Å². The van der Waals surface area contributed by atoms with Crippen molar-refractivity contribution in [2.75, 3.05) is 0 Å². The molecular formula is C9H11ClN4S. The molecule has 2 heterocycles. The van der Waals surface area contributed by atoms with Gasteiger partial charge < -0.3 is 0 Å². The molecule has 0 spiro atoms. The molecule has 15 heavy (non-hydrogen) atoms. The average Bonchev–Trinajstić information content (AvgIpc) is 2.86. The molecular weight excluding hydrogens is 232 g/mol. The zero-order valence-electron chi connectivity index (χ0n) is 8.30. The Morgan fingerprint density at radius 3 is 3.13 bits per heavy atom. The van der Waals surface area contributed by atoms with Gasteiger partial charge in [0.1, 0.15) is 0 Å². The first-order valence-electron chi connectivity index (χ1n) is 4.70. The quantitative estimate of drug-likeness (QED) is 0.773. The molecule has 6 heteroatoms. The molecule has 0 aromatic carbocycles. The number of hydrogen-bond acceptors (Lipinski definition) is 4. The summed E-state index contributed by atoms with van der Waals surface area (Å²) in [5.41, 5.74) is 0. The van der Waals surface area contributed by atoms with Crippen molar-refractivity contribution in [2.24, 2.45) is 0 Å². The molecule has 1 atom stereocenters. The largest absolute Gasteiger partial charge is 0.228 e. The van der Waals surface area contributed by atoms with Gasteiger partial charge in [0.05, 0.1) is 5.38 Å². The second kappa shape index (κ2) is 4.72. The van der Waals surface area contributed by atoms with Crippen molar-refractivity contribution in [1.82, 2.24) is 20.2 Å². The molecule has 2 aromatic heterocycles. The zero-order valence-corrected chi connectivity index (χ0v) is 9.87. The van der Waals surface area contributed by atoms with Gasteiger partial charge in [0, 0.05) is 17.8 Å². The molecule has 0 aliphatic heterocycles. The fraction of sp³-hybridized carbons (Fsp3) is 0.444.